The Morgan fingerprint density at radius 1 is 1.19 bits per heavy atom. The fraction of sp³-hybridized carbons (Fsp3) is 0.571. The Hall–Kier alpha value is -0.860. The summed E-state index contributed by atoms with van der Waals surface area (Å²) in [6, 6.07) is 9.03. The van der Waals surface area contributed by atoms with E-state index in [1.54, 1.807) is 11.1 Å². The van der Waals surface area contributed by atoms with Gasteiger partial charge in [-0.15, -0.1) is 0 Å². The lowest BCUT2D eigenvalue weighted by atomic mass is 9.75. The highest BCUT2D eigenvalue weighted by Gasteiger charge is 2.40. The van der Waals surface area contributed by atoms with Crippen molar-refractivity contribution in [3.63, 3.8) is 0 Å². The summed E-state index contributed by atoms with van der Waals surface area (Å²) >= 11 is 0. The van der Waals surface area contributed by atoms with Gasteiger partial charge in [-0.2, -0.15) is 0 Å². The van der Waals surface area contributed by atoms with E-state index in [1.165, 1.54) is 25.8 Å². The lowest BCUT2D eigenvalue weighted by molar-refractivity contribution is 0.0691. The molecule has 1 N–H and O–H groups in total. The van der Waals surface area contributed by atoms with Crippen molar-refractivity contribution in [1.29, 1.82) is 0 Å². The fourth-order valence-corrected chi connectivity index (χ4v) is 3.39. The second-order valence-electron chi connectivity index (χ2n) is 5.11. The first kappa shape index (κ1) is 10.3. The van der Waals surface area contributed by atoms with Crippen molar-refractivity contribution < 1.29 is 0 Å². The van der Waals surface area contributed by atoms with E-state index in [2.05, 4.69) is 41.5 Å². The number of benzene rings is 1. The number of likely N-dealkylation sites (N-methyl/N-ethyl adjacent to an activating group) is 1. The van der Waals surface area contributed by atoms with E-state index in [9.17, 15) is 0 Å². The zero-order valence-electron chi connectivity index (χ0n) is 10.00. The minimum atomic E-state index is 0.320. The maximum Gasteiger partial charge on any atom is 0.0484 e. The number of piperidine rings is 1. The van der Waals surface area contributed by atoms with Gasteiger partial charge < -0.3 is 5.32 Å². The third kappa shape index (κ3) is 1.40. The monoisotopic (exact) mass is 216 g/mol. The van der Waals surface area contributed by atoms with E-state index in [0.29, 0.717) is 5.54 Å². The molecule has 0 saturated carbocycles. The molecule has 2 aliphatic heterocycles. The molecule has 0 amide bonds. The van der Waals surface area contributed by atoms with Gasteiger partial charge in [0.05, 0.1) is 0 Å². The topological polar surface area (TPSA) is 15.3 Å². The third-order valence-corrected chi connectivity index (χ3v) is 4.40. The van der Waals surface area contributed by atoms with E-state index in [4.69, 9.17) is 0 Å². The van der Waals surface area contributed by atoms with Crippen molar-refractivity contribution in [2.45, 2.75) is 24.8 Å². The Morgan fingerprint density at radius 2 is 1.94 bits per heavy atom. The minimum Gasteiger partial charge on any atom is -0.317 e. The number of fused-ring (bicyclic) bond motifs is 2. The molecule has 0 radical (unpaired) electrons. The van der Waals surface area contributed by atoms with Crippen LogP contribution in [0.5, 0.6) is 0 Å². The van der Waals surface area contributed by atoms with Gasteiger partial charge in [-0.05, 0) is 50.5 Å². The molecule has 0 aliphatic carbocycles. The van der Waals surface area contributed by atoms with Crippen molar-refractivity contribution in [1.82, 2.24) is 10.2 Å². The molecule has 1 aromatic rings. The highest BCUT2D eigenvalue weighted by molar-refractivity contribution is 5.37. The second-order valence-corrected chi connectivity index (χ2v) is 5.11. The van der Waals surface area contributed by atoms with Crippen LogP contribution in [0.1, 0.15) is 24.0 Å². The number of hydrogen-bond acceptors (Lipinski definition) is 2. The van der Waals surface area contributed by atoms with Crippen LogP contribution in [-0.4, -0.2) is 31.6 Å². The van der Waals surface area contributed by atoms with E-state index < -0.39 is 0 Å². The van der Waals surface area contributed by atoms with Gasteiger partial charge in [0.1, 0.15) is 0 Å². The Bertz CT molecular complexity index is 380. The van der Waals surface area contributed by atoms with Gasteiger partial charge in [0, 0.05) is 12.1 Å². The molecule has 1 spiro atoms. The lowest BCUT2D eigenvalue weighted by Crippen LogP contribution is -2.53. The summed E-state index contributed by atoms with van der Waals surface area (Å²) in [5.41, 5.74) is 3.48. The lowest BCUT2D eigenvalue weighted by Gasteiger charge is -2.49. The zero-order valence-corrected chi connectivity index (χ0v) is 10.00. The Labute approximate surface area is 97.6 Å². The molecule has 1 saturated heterocycles. The molecule has 1 aromatic carbocycles. The van der Waals surface area contributed by atoms with Gasteiger partial charge in [-0.3, -0.25) is 4.90 Å². The summed E-state index contributed by atoms with van der Waals surface area (Å²) in [4.78, 5) is 2.58. The van der Waals surface area contributed by atoms with E-state index in [1.807, 2.05) is 0 Å². The van der Waals surface area contributed by atoms with Crippen LogP contribution in [0.3, 0.4) is 0 Å². The van der Waals surface area contributed by atoms with Gasteiger partial charge in [-0.1, -0.05) is 24.3 Å². The number of nitrogens with one attached hydrogen (secondary N) is 1. The van der Waals surface area contributed by atoms with Crippen LogP contribution in [0, 0.1) is 0 Å². The standard InChI is InChI=1S/C14H20N2/c1-16-11-6-12-4-2-3-5-13(12)14(16)7-9-15-10-8-14/h2-5,15H,6-11H2,1H3. The van der Waals surface area contributed by atoms with Gasteiger partial charge in [0.25, 0.3) is 0 Å². The van der Waals surface area contributed by atoms with Crippen molar-refractivity contribution in [2.24, 2.45) is 0 Å². The smallest absolute Gasteiger partial charge is 0.0484 e. The summed E-state index contributed by atoms with van der Waals surface area (Å²) < 4.78 is 0. The molecule has 1 fully saturated rings. The first-order valence-electron chi connectivity index (χ1n) is 6.33. The maximum atomic E-state index is 3.48. The van der Waals surface area contributed by atoms with Gasteiger partial charge >= 0.3 is 0 Å². The van der Waals surface area contributed by atoms with Crippen LogP contribution in [0.2, 0.25) is 0 Å². The summed E-state index contributed by atoms with van der Waals surface area (Å²) in [5, 5.41) is 3.48. The zero-order chi connectivity index (χ0) is 11.0. The molecule has 0 unspecified atom stereocenters. The van der Waals surface area contributed by atoms with Crippen LogP contribution in [0.4, 0.5) is 0 Å². The number of hydrogen-bond donors (Lipinski definition) is 1. The quantitative estimate of drug-likeness (QED) is 0.711. The molecule has 2 heterocycles. The molecule has 2 heteroatoms. The normalized spacial score (nSPS) is 24.3. The van der Waals surface area contributed by atoms with Crippen molar-refractivity contribution in [3.8, 4) is 0 Å². The number of nitrogens with zero attached hydrogens (tertiary/aromatic N) is 1. The number of rotatable bonds is 0. The highest BCUT2D eigenvalue weighted by Crippen LogP contribution is 2.40. The van der Waals surface area contributed by atoms with Gasteiger partial charge in [0.15, 0.2) is 0 Å². The molecule has 0 aromatic heterocycles. The Balaban J connectivity index is 2.08. The SMILES string of the molecule is CN1CCc2ccccc2C12CCNCC2. The summed E-state index contributed by atoms with van der Waals surface area (Å²) in [7, 11) is 2.29. The van der Waals surface area contributed by atoms with E-state index in [0.717, 1.165) is 13.1 Å². The first-order valence-corrected chi connectivity index (χ1v) is 6.33. The molecule has 2 aliphatic rings. The second kappa shape index (κ2) is 3.86. The molecule has 0 atom stereocenters. The largest absolute Gasteiger partial charge is 0.317 e. The maximum absolute atomic E-state index is 3.48. The third-order valence-electron chi connectivity index (χ3n) is 4.40. The van der Waals surface area contributed by atoms with Crippen LogP contribution >= 0.6 is 0 Å². The Kier molecular flexibility index (Phi) is 2.49. The predicted octanol–water partition coefficient (Wildman–Crippen LogP) is 1.75. The van der Waals surface area contributed by atoms with Gasteiger partial charge in [0.2, 0.25) is 0 Å². The molecule has 2 nitrogen and oxygen atoms in total. The van der Waals surface area contributed by atoms with Crippen LogP contribution < -0.4 is 5.32 Å². The van der Waals surface area contributed by atoms with Crippen molar-refractivity contribution in [2.75, 3.05) is 26.7 Å². The Morgan fingerprint density at radius 3 is 2.75 bits per heavy atom. The molecule has 86 valence electrons. The summed E-state index contributed by atoms with van der Waals surface area (Å²) in [6.07, 6.45) is 3.71. The summed E-state index contributed by atoms with van der Waals surface area (Å²) in [5.74, 6) is 0. The molecule has 3 rings (SSSR count). The summed E-state index contributed by atoms with van der Waals surface area (Å²) in [6.45, 7) is 3.51. The first-order chi connectivity index (χ1) is 7.83. The van der Waals surface area contributed by atoms with Gasteiger partial charge in [-0.25, -0.2) is 0 Å². The van der Waals surface area contributed by atoms with E-state index in [-0.39, 0.29) is 0 Å². The van der Waals surface area contributed by atoms with Crippen LogP contribution in [0.15, 0.2) is 24.3 Å². The minimum absolute atomic E-state index is 0.320. The van der Waals surface area contributed by atoms with Crippen molar-refractivity contribution >= 4 is 0 Å². The van der Waals surface area contributed by atoms with E-state index >= 15 is 0 Å². The van der Waals surface area contributed by atoms with Crippen LogP contribution in [0.25, 0.3) is 0 Å². The average molecular weight is 216 g/mol. The molecular weight excluding hydrogens is 196 g/mol. The highest BCUT2D eigenvalue weighted by atomic mass is 15.2. The molecule has 16 heavy (non-hydrogen) atoms. The average Bonchev–Trinajstić information content (AvgIpc) is 2.36. The molecular formula is C14H20N2. The molecule has 0 bridgehead atoms. The van der Waals surface area contributed by atoms with Crippen molar-refractivity contribution in [3.05, 3.63) is 35.4 Å². The fourth-order valence-electron chi connectivity index (χ4n) is 3.39. The van der Waals surface area contributed by atoms with Crippen LogP contribution in [-0.2, 0) is 12.0 Å². The predicted molar refractivity (Wildman–Crippen MR) is 66.6 cm³/mol.